The second-order valence-electron chi connectivity index (χ2n) is 6.74. The maximum atomic E-state index is 12.8. The Morgan fingerprint density at radius 1 is 1.11 bits per heavy atom. The molecule has 0 bridgehead atoms. The molecule has 8 heteroatoms. The number of rotatable bonds is 3. The van der Waals surface area contributed by atoms with E-state index in [-0.39, 0.29) is 11.3 Å². The van der Waals surface area contributed by atoms with Crippen molar-refractivity contribution in [3.05, 3.63) is 58.5 Å². The molecule has 0 fully saturated rings. The zero-order valence-electron chi connectivity index (χ0n) is 15.2. The summed E-state index contributed by atoms with van der Waals surface area (Å²) in [5, 5.41) is 1.19. The molecule has 0 atom stereocenters. The average Bonchev–Trinajstić information content (AvgIpc) is 3.00. The average molecular weight is 406 g/mol. The van der Waals surface area contributed by atoms with E-state index in [9.17, 15) is 18.0 Å². The number of hydrogen-bond acceptors (Lipinski definition) is 4. The van der Waals surface area contributed by atoms with Crippen molar-refractivity contribution in [2.24, 2.45) is 7.05 Å². The lowest BCUT2D eigenvalue weighted by Gasteiger charge is -2.17. The second kappa shape index (κ2) is 6.86. The van der Waals surface area contributed by atoms with Gasteiger partial charge in [0.15, 0.2) is 6.61 Å². The van der Waals surface area contributed by atoms with Crippen LogP contribution in [-0.4, -0.2) is 28.7 Å². The Bertz CT molecular complexity index is 1120. The summed E-state index contributed by atoms with van der Waals surface area (Å²) in [6, 6.07) is 10.6. The highest BCUT2D eigenvalue weighted by Gasteiger charge is 2.30. The molecule has 0 radical (unpaired) electrons. The first-order valence-electron chi connectivity index (χ1n) is 8.57. The third kappa shape index (κ3) is 3.49. The lowest BCUT2D eigenvalue weighted by molar-refractivity contribution is -0.153. The number of aromatic nitrogens is 1. The molecular formula is C20H17F3N2O2S. The van der Waals surface area contributed by atoms with Gasteiger partial charge in [0, 0.05) is 41.2 Å². The Morgan fingerprint density at radius 3 is 2.54 bits per heavy atom. The highest BCUT2D eigenvalue weighted by Crippen LogP contribution is 2.43. The van der Waals surface area contributed by atoms with Gasteiger partial charge in [-0.2, -0.15) is 13.2 Å². The summed E-state index contributed by atoms with van der Waals surface area (Å²) in [6.45, 7) is -0.748. The van der Waals surface area contributed by atoms with Gasteiger partial charge in [0.25, 0.3) is 5.56 Å². The van der Waals surface area contributed by atoms with Crippen LogP contribution in [0.15, 0.2) is 52.3 Å². The molecule has 0 spiro atoms. The number of fused-ring (bicyclic) bond motifs is 2. The van der Waals surface area contributed by atoms with E-state index >= 15 is 0 Å². The van der Waals surface area contributed by atoms with E-state index in [1.165, 1.54) is 16.5 Å². The van der Waals surface area contributed by atoms with Crippen molar-refractivity contribution in [1.29, 1.82) is 0 Å². The number of ether oxygens (including phenoxy) is 1. The third-order valence-electron chi connectivity index (χ3n) is 4.58. The van der Waals surface area contributed by atoms with E-state index in [0.29, 0.717) is 28.4 Å². The third-order valence-corrected chi connectivity index (χ3v) is 5.60. The fraction of sp³-hybridized carbons (Fsp3) is 0.250. The molecule has 0 saturated carbocycles. The SMILES string of the molecule is CN1Cc2cc(OCC(F)(F)F)c(-c3cn(C)c(=O)c4ccccc34)cc2S1. The normalized spacial score (nSPS) is 14.5. The molecule has 146 valence electrons. The van der Waals surface area contributed by atoms with Gasteiger partial charge in [0.1, 0.15) is 5.75 Å². The highest BCUT2D eigenvalue weighted by molar-refractivity contribution is 7.97. The van der Waals surface area contributed by atoms with Gasteiger partial charge in [-0.05, 0) is 48.1 Å². The summed E-state index contributed by atoms with van der Waals surface area (Å²) in [7, 11) is 3.55. The molecule has 1 aliphatic heterocycles. The Kier molecular flexibility index (Phi) is 4.63. The van der Waals surface area contributed by atoms with Crippen LogP contribution >= 0.6 is 11.9 Å². The van der Waals surface area contributed by atoms with Gasteiger partial charge in [-0.15, -0.1) is 0 Å². The zero-order valence-corrected chi connectivity index (χ0v) is 16.0. The summed E-state index contributed by atoms with van der Waals surface area (Å²) in [5.41, 5.74) is 1.96. The van der Waals surface area contributed by atoms with Gasteiger partial charge >= 0.3 is 6.18 Å². The van der Waals surface area contributed by atoms with Gasteiger partial charge in [-0.3, -0.25) is 4.79 Å². The fourth-order valence-electron chi connectivity index (χ4n) is 3.37. The highest BCUT2D eigenvalue weighted by atomic mass is 32.2. The molecule has 2 aromatic carbocycles. The molecule has 0 aliphatic carbocycles. The topological polar surface area (TPSA) is 34.5 Å². The number of hydrogen-bond donors (Lipinski definition) is 0. The molecular weight excluding hydrogens is 389 g/mol. The standard InChI is InChI=1S/C20H17F3N2O2S/c1-24-10-16(13-5-3-4-6-14(13)19(24)26)15-8-18-12(9-25(2)28-18)7-17(15)27-11-20(21,22)23/h3-8,10H,9,11H2,1-2H3. The van der Waals surface area contributed by atoms with E-state index in [2.05, 4.69) is 0 Å². The number of nitrogens with zero attached hydrogens (tertiary/aromatic N) is 2. The van der Waals surface area contributed by atoms with Crippen LogP contribution in [-0.2, 0) is 13.6 Å². The summed E-state index contributed by atoms with van der Waals surface area (Å²) < 4.78 is 47.0. The number of aryl methyl sites for hydroxylation is 1. The molecule has 0 amide bonds. The van der Waals surface area contributed by atoms with Gasteiger partial charge in [-0.25, -0.2) is 4.31 Å². The molecule has 1 aromatic heterocycles. The first-order chi connectivity index (χ1) is 13.2. The molecule has 3 aromatic rings. The van der Waals surface area contributed by atoms with Crippen LogP contribution in [0.2, 0.25) is 0 Å². The van der Waals surface area contributed by atoms with Crippen molar-refractivity contribution < 1.29 is 17.9 Å². The van der Waals surface area contributed by atoms with Crippen molar-refractivity contribution in [1.82, 2.24) is 8.87 Å². The molecule has 0 unspecified atom stereocenters. The minimum atomic E-state index is -4.44. The Balaban J connectivity index is 1.94. The van der Waals surface area contributed by atoms with E-state index in [0.717, 1.165) is 10.5 Å². The maximum absolute atomic E-state index is 12.8. The smallest absolute Gasteiger partial charge is 0.422 e. The number of benzene rings is 2. The van der Waals surface area contributed by atoms with Crippen LogP contribution in [0.5, 0.6) is 5.75 Å². The first kappa shape index (κ1) is 18.9. The molecule has 4 rings (SSSR count). The minimum Gasteiger partial charge on any atom is -0.483 e. The van der Waals surface area contributed by atoms with Crippen LogP contribution in [0, 0.1) is 0 Å². The Hall–Kier alpha value is -2.45. The predicted octanol–water partition coefficient (Wildman–Crippen LogP) is 4.60. The van der Waals surface area contributed by atoms with E-state index in [1.807, 2.05) is 17.4 Å². The van der Waals surface area contributed by atoms with E-state index in [4.69, 9.17) is 4.74 Å². The van der Waals surface area contributed by atoms with Crippen molar-refractivity contribution in [3.8, 4) is 16.9 Å². The lowest BCUT2D eigenvalue weighted by Crippen LogP contribution is -2.20. The van der Waals surface area contributed by atoms with Crippen molar-refractivity contribution >= 4 is 22.7 Å². The molecule has 1 aliphatic rings. The van der Waals surface area contributed by atoms with Crippen molar-refractivity contribution in [3.63, 3.8) is 0 Å². The van der Waals surface area contributed by atoms with Crippen LogP contribution in [0.4, 0.5) is 13.2 Å². The van der Waals surface area contributed by atoms with E-state index in [1.54, 1.807) is 43.6 Å². The minimum absolute atomic E-state index is 0.160. The second-order valence-corrected chi connectivity index (χ2v) is 7.99. The largest absolute Gasteiger partial charge is 0.483 e. The molecule has 28 heavy (non-hydrogen) atoms. The molecule has 0 saturated heterocycles. The van der Waals surface area contributed by atoms with Crippen LogP contribution < -0.4 is 10.3 Å². The van der Waals surface area contributed by atoms with Crippen LogP contribution in [0.1, 0.15) is 5.56 Å². The van der Waals surface area contributed by atoms with Crippen LogP contribution in [0.25, 0.3) is 21.9 Å². The quantitative estimate of drug-likeness (QED) is 0.596. The van der Waals surface area contributed by atoms with Gasteiger partial charge in [0.2, 0.25) is 0 Å². The summed E-state index contributed by atoms with van der Waals surface area (Å²) >= 11 is 1.53. The molecule has 0 N–H and O–H groups in total. The number of pyridine rings is 1. The lowest BCUT2D eigenvalue weighted by atomic mass is 9.98. The van der Waals surface area contributed by atoms with Gasteiger partial charge in [0.05, 0.1) is 0 Å². The van der Waals surface area contributed by atoms with Gasteiger partial charge < -0.3 is 9.30 Å². The van der Waals surface area contributed by atoms with E-state index < -0.39 is 12.8 Å². The molecule has 2 heterocycles. The summed E-state index contributed by atoms with van der Waals surface area (Å²) in [5.74, 6) is 0.163. The molecule has 4 nitrogen and oxygen atoms in total. The van der Waals surface area contributed by atoms with Crippen molar-refractivity contribution in [2.75, 3.05) is 13.7 Å². The summed E-state index contributed by atoms with van der Waals surface area (Å²) in [4.78, 5) is 13.4. The van der Waals surface area contributed by atoms with Gasteiger partial charge in [-0.1, -0.05) is 18.2 Å². The predicted molar refractivity (Wildman–Crippen MR) is 103 cm³/mol. The first-order valence-corrected chi connectivity index (χ1v) is 9.34. The summed E-state index contributed by atoms with van der Waals surface area (Å²) in [6.07, 6.45) is -2.79. The number of halogens is 3. The Morgan fingerprint density at radius 2 is 1.82 bits per heavy atom. The monoisotopic (exact) mass is 406 g/mol. The number of alkyl halides is 3. The fourth-order valence-corrected chi connectivity index (χ4v) is 4.32. The Labute approximate surface area is 163 Å². The zero-order chi connectivity index (χ0) is 20.1. The van der Waals surface area contributed by atoms with Crippen LogP contribution in [0.3, 0.4) is 0 Å². The van der Waals surface area contributed by atoms with Crippen molar-refractivity contribution in [2.45, 2.75) is 17.6 Å². The maximum Gasteiger partial charge on any atom is 0.422 e.